The summed E-state index contributed by atoms with van der Waals surface area (Å²) in [7, 11) is 0. The van der Waals surface area contributed by atoms with Gasteiger partial charge in [-0.05, 0) is 78.1 Å². The van der Waals surface area contributed by atoms with Gasteiger partial charge in [-0.25, -0.2) is 0 Å². The minimum atomic E-state index is -4.54. The summed E-state index contributed by atoms with van der Waals surface area (Å²) in [4.78, 5) is 30.1. The van der Waals surface area contributed by atoms with Crippen LogP contribution in [0.25, 0.3) is 11.1 Å². The van der Waals surface area contributed by atoms with Crippen LogP contribution in [0.1, 0.15) is 76.9 Å². The van der Waals surface area contributed by atoms with E-state index in [-0.39, 0.29) is 11.9 Å². The van der Waals surface area contributed by atoms with Gasteiger partial charge < -0.3 is 16.0 Å². The van der Waals surface area contributed by atoms with Crippen LogP contribution in [0.2, 0.25) is 4.34 Å². The van der Waals surface area contributed by atoms with Crippen molar-refractivity contribution < 1.29 is 22.8 Å². The van der Waals surface area contributed by atoms with E-state index in [1.54, 1.807) is 24.3 Å². The quantitative estimate of drug-likeness (QED) is 0.276. The van der Waals surface area contributed by atoms with Crippen LogP contribution in [0.4, 0.5) is 18.9 Å². The Bertz CT molecular complexity index is 1440. The predicted octanol–water partition coefficient (Wildman–Crippen LogP) is 7.04. The number of unbranched alkanes of at least 4 members (excludes halogenated alkanes) is 1. The number of nitrogens with two attached hydrogens (primary N) is 1. The molecule has 1 fully saturated rings. The number of halogens is 4. The first-order valence-corrected chi connectivity index (χ1v) is 14.8. The molecule has 1 amide bonds. The Morgan fingerprint density at radius 2 is 1.93 bits per heavy atom. The molecule has 10 heteroatoms. The zero-order valence-corrected chi connectivity index (χ0v) is 23.7. The van der Waals surface area contributed by atoms with Crippen LogP contribution < -0.4 is 16.0 Å². The Morgan fingerprint density at radius 3 is 2.60 bits per heavy atom. The van der Waals surface area contributed by atoms with Crippen molar-refractivity contribution in [2.75, 3.05) is 18.0 Å². The van der Waals surface area contributed by atoms with E-state index in [0.717, 1.165) is 43.2 Å². The number of hydrogen-bond donors (Lipinski definition) is 2. The third-order valence-electron chi connectivity index (χ3n) is 7.68. The molecule has 1 aromatic heterocycles. The highest BCUT2D eigenvalue weighted by Crippen LogP contribution is 2.51. The number of nitrogens with one attached hydrogen (secondary N) is 1. The van der Waals surface area contributed by atoms with Crippen LogP contribution in [0.5, 0.6) is 0 Å². The molecule has 212 valence electrons. The summed E-state index contributed by atoms with van der Waals surface area (Å²) in [6.45, 7) is 1.28. The minimum absolute atomic E-state index is 0.187. The maximum Gasteiger partial charge on any atom is 0.405 e. The second kappa shape index (κ2) is 11.5. The van der Waals surface area contributed by atoms with Crippen LogP contribution in [-0.2, 0) is 11.2 Å². The van der Waals surface area contributed by atoms with Crippen molar-refractivity contribution in [3.63, 3.8) is 0 Å². The van der Waals surface area contributed by atoms with E-state index in [4.69, 9.17) is 17.3 Å². The summed E-state index contributed by atoms with van der Waals surface area (Å²) in [5.41, 5.74) is 11.4. The van der Waals surface area contributed by atoms with Gasteiger partial charge in [0.15, 0.2) is 0 Å². The molecular weight excluding hydrogens is 559 g/mol. The molecule has 40 heavy (non-hydrogen) atoms. The van der Waals surface area contributed by atoms with Crippen LogP contribution in [0, 0.1) is 0 Å². The van der Waals surface area contributed by atoms with Crippen LogP contribution >= 0.6 is 22.9 Å². The fraction of sp³-hybridized carbons (Fsp3) is 0.400. The zero-order chi connectivity index (χ0) is 28.6. The van der Waals surface area contributed by atoms with E-state index in [1.807, 2.05) is 18.2 Å². The largest absolute Gasteiger partial charge is 0.405 e. The lowest BCUT2D eigenvalue weighted by Gasteiger charge is -2.38. The fourth-order valence-electron chi connectivity index (χ4n) is 5.92. The standard InChI is InChI=1S/C30H31ClF3N3O2S/c1-2-3-8-19-25-20(17-9-4-5-10-18(17)26(25)29(39)36-16-30(32,33)34)15-21(28(38)22-12-13-23(31)40-22)27(19)37-14-7-6-11-24(37)35/h4-5,9-10,12-13,15,24,26H,2-3,6-8,11,14,16,35H2,1H3,(H,36,39). The van der Waals surface area contributed by atoms with Crippen molar-refractivity contribution in [1.82, 2.24) is 5.32 Å². The van der Waals surface area contributed by atoms with Crippen molar-refractivity contribution >= 4 is 40.3 Å². The third-order valence-corrected chi connectivity index (χ3v) is 8.91. The summed E-state index contributed by atoms with van der Waals surface area (Å²) >= 11 is 7.39. The lowest BCUT2D eigenvalue weighted by atomic mass is 9.85. The number of carbonyl (C=O) groups excluding carboxylic acids is 2. The number of piperidine rings is 1. The van der Waals surface area contributed by atoms with E-state index in [9.17, 15) is 22.8 Å². The Morgan fingerprint density at radius 1 is 1.15 bits per heavy atom. The van der Waals surface area contributed by atoms with Crippen LogP contribution in [0.15, 0.2) is 42.5 Å². The molecule has 0 spiro atoms. The highest BCUT2D eigenvalue weighted by molar-refractivity contribution is 7.18. The highest BCUT2D eigenvalue weighted by atomic mass is 35.5. The summed E-state index contributed by atoms with van der Waals surface area (Å²) in [6, 6.07) is 12.5. The summed E-state index contributed by atoms with van der Waals surface area (Å²) in [5, 5.41) is 2.12. The molecule has 0 bridgehead atoms. The second-order valence-electron chi connectivity index (χ2n) is 10.4. The Labute approximate surface area is 240 Å². The van der Waals surface area contributed by atoms with Gasteiger partial charge in [-0.2, -0.15) is 13.2 Å². The van der Waals surface area contributed by atoms with Gasteiger partial charge in [-0.1, -0.05) is 49.2 Å². The average Bonchev–Trinajstić information content (AvgIpc) is 3.51. The number of carbonyl (C=O) groups is 2. The monoisotopic (exact) mass is 589 g/mol. The van der Waals surface area contributed by atoms with Gasteiger partial charge >= 0.3 is 6.18 Å². The average molecular weight is 590 g/mol. The van der Waals surface area contributed by atoms with Crippen molar-refractivity contribution in [1.29, 1.82) is 0 Å². The van der Waals surface area contributed by atoms with E-state index in [1.165, 1.54) is 11.3 Å². The first kappa shape index (κ1) is 28.6. The Balaban J connectivity index is 1.77. The van der Waals surface area contributed by atoms with Crippen LogP contribution in [0.3, 0.4) is 0 Å². The van der Waals surface area contributed by atoms with Gasteiger partial charge in [0, 0.05) is 12.1 Å². The summed E-state index contributed by atoms with van der Waals surface area (Å²) in [6.07, 6.45) is -0.0662. The third kappa shape index (κ3) is 5.51. The van der Waals surface area contributed by atoms with E-state index >= 15 is 0 Å². The highest BCUT2D eigenvalue weighted by Gasteiger charge is 2.41. The SMILES string of the molecule is CCCCc1c2c(cc(C(=O)c3ccc(Cl)s3)c1N1CCCCC1N)-c1ccccc1C2C(=O)NCC(F)(F)F. The van der Waals surface area contributed by atoms with Gasteiger partial charge in [0.25, 0.3) is 0 Å². The number of amides is 1. The molecule has 0 saturated carbocycles. The number of hydrogen-bond acceptors (Lipinski definition) is 5. The number of nitrogens with zero attached hydrogens (tertiary/aromatic N) is 1. The number of anilines is 1. The van der Waals surface area contributed by atoms with Crippen molar-refractivity contribution in [3.05, 3.63) is 73.9 Å². The molecule has 3 aromatic rings. The van der Waals surface area contributed by atoms with Crippen molar-refractivity contribution in [3.8, 4) is 11.1 Å². The first-order chi connectivity index (χ1) is 19.1. The molecular formula is C30H31ClF3N3O2S. The normalized spacial score (nSPS) is 18.4. The number of benzene rings is 2. The number of ketones is 1. The van der Waals surface area contributed by atoms with Crippen LogP contribution in [-0.4, -0.2) is 37.1 Å². The molecule has 1 saturated heterocycles. The smallest absolute Gasteiger partial charge is 0.355 e. The van der Waals surface area contributed by atoms with Gasteiger partial charge in [-0.15, -0.1) is 11.3 Å². The Kier molecular flexibility index (Phi) is 8.27. The topological polar surface area (TPSA) is 75.4 Å². The number of fused-ring (bicyclic) bond motifs is 3. The number of rotatable bonds is 8. The van der Waals surface area contributed by atoms with Crippen molar-refractivity contribution in [2.45, 2.75) is 63.7 Å². The minimum Gasteiger partial charge on any atom is -0.355 e. The van der Waals surface area contributed by atoms with Gasteiger partial charge in [0.2, 0.25) is 11.7 Å². The lowest BCUT2D eigenvalue weighted by Crippen LogP contribution is -2.47. The molecule has 2 aromatic carbocycles. The van der Waals surface area contributed by atoms with Gasteiger partial charge in [0.05, 0.1) is 27.0 Å². The van der Waals surface area contributed by atoms with E-state index in [0.29, 0.717) is 50.1 Å². The molecule has 5 nitrogen and oxygen atoms in total. The Hall–Kier alpha value is -2.88. The second-order valence-corrected chi connectivity index (χ2v) is 12.1. The zero-order valence-electron chi connectivity index (χ0n) is 22.1. The van der Waals surface area contributed by atoms with E-state index < -0.39 is 24.5 Å². The number of thiophene rings is 1. The maximum absolute atomic E-state index is 14.1. The van der Waals surface area contributed by atoms with Crippen molar-refractivity contribution in [2.24, 2.45) is 5.73 Å². The molecule has 2 atom stereocenters. The molecule has 1 aliphatic carbocycles. The van der Waals surface area contributed by atoms with Gasteiger partial charge in [-0.3, -0.25) is 9.59 Å². The first-order valence-electron chi connectivity index (χ1n) is 13.6. The molecule has 5 rings (SSSR count). The maximum atomic E-state index is 14.1. The summed E-state index contributed by atoms with van der Waals surface area (Å²) in [5.74, 6) is -1.83. The van der Waals surface area contributed by atoms with E-state index in [2.05, 4.69) is 17.1 Å². The summed E-state index contributed by atoms with van der Waals surface area (Å²) < 4.78 is 39.8. The van der Waals surface area contributed by atoms with Gasteiger partial charge in [0.1, 0.15) is 6.54 Å². The molecule has 3 N–H and O–H groups in total. The predicted molar refractivity (Wildman–Crippen MR) is 153 cm³/mol. The molecule has 2 aliphatic rings. The molecule has 1 aliphatic heterocycles. The molecule has 2 heterocycles. The molecule has 0 radical (unpaired) electrons. The molecule has 2 unspecified atom stereocenters. The number of alkyl halides is 3. The lowest BCUT2D eigenvalue weighted by molar-refractivity contribution is -0.138. The fourth-order valence-corrected chi connectivity index (χ4v) is 6.92.